The van der Waals surface area contributed by atoms with Gasteiger partial charge in [-0.2, -0.15) is 0 Å². The van der Waals surface area contributed by atoms with Gasteiger partial charge in [0.1, 0.15) is 17.3 Å². The number of aliphatic hydroxyl groups is 1. The van der Waals surface area contributed by atoms with Gasteiger partial charge in [-0.3, -0.25) is 0 Å². The molecule has 0 aromatic heterocycles. The Morgan fingerprint density at radius 2 is 1.94 bits per heavy atom. The van der Waals surface area contributed by atoms with Crippen LogP contribution in [0.1, 0.15) is 29.2 Å². The SMILES string of the molecule is C=C(O)c1ccc(NC(=C)C(C)/C=C2/N=CC=C(c3ccc(C)c(OC)c3)N2)cc1C. The summed E-state index contributed by atoms with van der Waals surface area (Å²) in [5, 5.41) is 16.3. The van der Waals surface area contributed by atoms with Crippen molar-refractivity contribution >= 4 is 23.4 Å². The first-order chi connectivity index (χ1) is 14.8. The first-order valence-corrected chi connectivity index (χ1v) is 10.1. The lowest BCUT2D eigenvalue weighted by Gasteiger charge is -2.19. The Kier molecular flexibility index (Phi) is 6.65. The van der Waals surface area contributed by atoms with Crippen LogP contribution in [0, 0.1) is 19.8 Å². The molecule has 0 fully saturated rings. The van der Waals surface area contributed by atoms with Crippen molar-refractivity contribution in [2.45, 2.75) is 20.8 Å². The largest absolute Gasteiger partial charge is 0.508 e. The van der Waals surface area contributed by atoms with E-state index < -0.39 is 0 Å². The van der Waals surface area contributed by atoms with Crippen molar-refractivity contribution in [1.29, 1.82) is 0 Å². The molecule has 2 aromatic rings. The molecule has 0 amide bonds. The molecule has 31 heavy (non-hydrogen) atoms. The second kappa shape index (κ2) is 9.39. The van der Waals surface area contributed by atoms with Crippen LogP contribution in [-0.2, 0) is 0 Å². The van der Waals surface area contributed by atoms with Gasteiger partial charge in [-0.05, 0) is 61.4 Å². The predicted molar refractivity (Wildman–Crippen MR) is 130 cm³/mol. The molecule has 1 aliphatic rings. The van der Waals surface area contributed by atoms with Gasteiger partial charge >= 0.3 is 0 Å². The van der Waals surface area contributed by atoms with Crippen LogP contribution < -0.4 is 15.4 Å². The zero-order chi connectivity index (χ0) is 22.5. The minimum Gasteiger partial charge on any atom is -0.508 e. The first kappa shape index (κ1) is 22.0. The van der Waals surface area contributed by atoms with E-state index in [2.05, 4.69) is 41.8 Å². The molecule has 0 saturated heterocycles. The molecule has 1 aliphatic heterocycles. The number of hydrogen-bond acceptors (Lipinski definition) is 5. The maximum atomic E-state index is 9.62. The predicted octanol–water partition coefficient (Wildman–Crippen LogP) is 5.96. The smallest absolute Gasteiger partial charge is 0.126 e. The number of rotatable bonds is 7. The molecule has 5 heteroatoms. The summed E-state index contributed by atoms with van der Waals surface area (Å²) in [7, 11) is 1.68. The normalized spacial score (nSPS) is 15.1. The van der Waals surface area contributed by atoms with Gasteiger partial charge < -0.3 is 20.5 Å². The number of anilines is 1. The number of ether oxygens (including phenoxy) is 1. The van der Waals surface area contributed by atoms with Crippen molar-refractivity contribution in [2.75, 3.05) is 12.4 Å². The average Bonchev–Trinajstić information content (AvgIpc) is 2.74. The Hall–Kier alpha value is -3.73. The highest BCUT2D eigenvalue weighted by molar-refractivity contribution is 5.87. The molecule has 160 valence electrons. The van der Waals surface area contributed by atoms with Gasteiger partial charge in [0.25, 0.3) is 0 Å². The fraction of sp³-hybridized carbons (Fsp3) is 0.192. The number of benzene rings is 2. The minimum atomic E-state index is 0.0272. The van der Waals surface area contributed by atoms with E-state index in [4.69, 9.17) is 4.74 Å². The lowest BCUT2D eigenvalue weighted by atomic mass is 10.0. The Labute approximate surface area is 184 Å². The number of aliphatic hydroxyl groups excluding tert-OH is 1. The summed E-state index contributed by atoms with van der Waals surface area (Å²) in [6.45, 7) is 13.8. The third-order valence-electron chi connectivity index (χ3n) is 5.24. The molecule has 0 aliphatic carbocycles. The van der Waals surface area contributed by atoms with Crippen molar-refractivity contribution in [1.82, 2.24) is 5.32 Å². The van der Waals surface area contributed by atoms with Gasteiger partial charge in [0, 0.05) is 40.3 Å². The van der Waals surface area contributed by atoms with Gasteiger partial charge in [0.2, 0.25) is 0 Å². The molecular weight excluding hydrogens is 386 g/mol. The van der Waals surface area contributed by atoms with Crippen LogP contribution >= 0.6 is 0 Å². The summed E-state index contributed by atoms with van der Waals surface area (Å²) in [6, 6.07) is 11.8. The van der Waals surface area contributed by atoms with Crippen molar-refractivity contribution < 1.29 is 9.84 Å². The summed E-state index contributed by atoms with van der Waals surface area (Å²) >= 11 is 0. The summed E-state index contributed by atoms with van der Waals surface area (Å²) < 4.78 is 5.44. The van der Waals surface area contributed by atoms with Gasteiger partial charge in [0.15, 0.2) is 0 Å². The zero-order valence-electron chi connectivity index (χ0n) is 18.5. The second-order valence-electron chi connectivity index (χ2n) is 7.64. The lowest BCUT2D eigenvalue weighted by molar-refractivity contribution is 0.411. The average molecular weight is 416 g/mol. The highest BCUT2D eigenvalue weighted by Gasteiger charge is 2.12. The van der Waals surface area contributed by atoms with Gasteiger partial charge in [-0.15, -0.1) is 0 Å². The molecule has 1 unspecified atom stereocenters. The van der Waals surface area contributed by atoms with Crippen molar-refractivity contribution in [3.05, 3.63) is 95.5 Å². The van der Waals surface area contributed by atoms with Crippen LogP contribution in [0.2, 0.25) is 0 Å². The Bertz CT molecular complexity index is 1110. The zero-order valence-corrected chi connectivity index (χ0v) is 18.5. The Morgan fingerprint density at radius 1 is 1.16 bits per heavy atom. The van der Waals surface area contributed by atoms with Crippen LogP contribution in [0.5, 0.6) is 5.75 Å². The summed E-state index contributed by atoms with van der Waals surface area (Å²) in [6.07, 6.45) is 5.76. The molecule has 2 aromatic carbocycles. The van der Waals surface area contributed by atoms with E-state index in [1.54, 1.807) is 13.3 Å². The molecule has 0 radical (unpaired) electrons. The van der Waals surface area contributed by atoms with Gasteiger partial charge in [-0.1, -0.05) is 32.2 Å². The first-order valence-electron chi connectivity index (χ1n) is 10.1. The summed E-state index contributed by atoms with van der Waals surface area (Å²) in [5.41, 5.74) is 6.51. The van der Waals surface area contributed by atoms with E-state index in [9.17, 15) is 5.11 Å². The summed E-state index contributed by atoms with van der Waals surface area (Å²) in [4.78, 5) is 4.45. The summed E-state index contributed by atoms with van der Waals surface area (Å²) in [5.74, 6) is 1.71. The van der Waals surface area contributed by atoms with Gasteiger partial charge in [-0.25, -0.2) is 4.99 Å². The quantitative estimate of drug-likeness (QED) is 0.488. The maximum absolute atomic E-state index is 9.62. The number of nitrogens with one attached hydrogen (secondary N) is 2. The van der Waals surface area contributed by atoms with Crippen molar-refractivity contribution in [2.24, 2.45) is 10.9 Å². The van der Waals surface area contributed by atoms with E-state index in [1.165, 1.54) is 0 Å². The topological polar surface area (TPSA) is 65.9 Å². The van der Waals surface area contributed by atoms with E-state index in [-0.39, 0.29) is 11.7 Å². The lowest BCUT2D eigenvalue weighted by Crippen LogP contribution is -2.16. The van der Waals surface area contributed by atoms with Crippen LogP contribution in [0.4, 0.5) is 5.69 Å². The fourth-order valence-corrected chi connectivity index (χ4v) is 3.35. The van der Waals surface area contributed by atoms with E-state index >= 15 is 0 Å². The third kappa shape index (κ3) is 5.25. The highest BCUT2D eigenvalue weighted by Crippen LogP contribution is 2.26. The minimum absolute atomic E-state index is 0.0272. The number of methoxy groups -OCH3 is 1. The van der Waals surface area contributed by atoms with Gasteiger partial charge in [0.05, 0.1) is 7.11 Å². The molecule has 3 rings (SSSR count). The van der Waals surface area contributed by atoms with E-state index in [1.807, 2.05) is 56.3 Å². The van der Waals surface area contributed by atoms with Crippen molar-refractivity contribution in [3.8, 4) is 5.75 Å². The van der Waals surface area contributed by atoms with Crippen molar-refractivity contribution in [3.63, 3.8) is 0 Å². The number of aliphatic imine (C=N–C) groups is 1. The van der Waals surface area contributed by atoms with E-state index in [0.29, 0.717) is 0 Å². The standard InChI is InChI=1S/C26H29N3O2/c1-16-7-8-21(15-25(16)31-6)24-11-12-27-26(29-24)14-17(2)19(4)28-22-9-10-23(20(5)30)18(3)13-22/h7-15,17,28-30H,4-5H2,1-3,6H3/b26-14-. The molecule has 1 atom stereocenters. The fourth-order valence-electron chi connectivity index (χ4n) is 3.35. The third-order valence-corrected chi connectivity index (χ3v) is 5.24. The monoisotopic (exact) mass is 415 g/mol. The Balaban J connectivity index is 1.70. The van der Waals surface area contributed by atoms with Crippen LogP contribution in [0.15, 0.2) is 78.2 Å². The molecule has 1 heterocycles. The molecule has 0 spiro atoms. The number of allylic oxidation sites excluding steroid dienone is 2. The molecule has 0 saturated carbocycles. The van der Waals surface area contributed by atoms with Crippen LogP contribution in [0.3, 0.4) is 0 Å². The van der Waals surface area contributed by atoms with Crippen LogP contribution in [0.25, 0.3) is 11.5 Å². The molecule has 3 N–H and O–H groups in total. The second-order valence-corrected chi connectivity index (χ2v) is 7.64. The number of hydrogen-bond donors (Lipinski definition) is 3. The van der Waals surface area contributed by atoms with E-state index in [0.717, 1.165) is 50.9 Å². The van der Waals surface area contributed by atoms with Crippen LogP contribution in [-0.4, -0.2) is 18.4 Å². The number of aryl methyl sites for hydroxylation is 2. The Morgan fingerprint density at radius 3 is 2.61 bits per heavy atom. The maximum Gasteiger partial charge on any atom is 0.126 e. The molecule has 0 bridgehead atoms. The highest BCUT2D eigenvalue weighted by atomic mass is 16.5. The molecule has 5 nitrogen and oxygen atoms in total. The molecular formula is C26H29N3O2. The number of nitrogens with zero attached hydrogens (tertiary/aromatic N) is 1.